The van der Waals surface area contributed by atoms with Crippen LogP contribution < -0.4 is 5.32 Å². The molecule has 126 valence electrons. The minimum atomic E-state index is -4.67. The molecule has 0 aliphatic heterocycles. The quantitative estimate of drug-likeness (QED) is 0.878. The van der Waals surface area contributed by atoms with E-state index in [1.165, 1.54) is 6.20 Å². The van der Waals surface area contributed by atoms with Gasteiger partial charge in [0.05, 0.1) is 0 Å². The number of nitrogens with zero attached hydrogens (tertiary/aromatic N) is 2. The van der Waals surface area contributed by atoms with Crippen LogP contribution in [0.1, 0.15) is 25.0 Å². The number of nitriles is 1. The molecular formula is C16H14F3N3O2. The van der Waals surface area contributed by atoms with Gasteiger partial charge < -0.3 is 10.4 Å². The van der Waals surface area contributed by atoms with Crippen molar-refractivity contribution < 1.29 is 23.1 Å². The molecule has 0 radical (unpaired) electrons. The first-order chi connectivity index (χ1) is 11.3. The fourth-order valence-corrected chi connectivity index (χ4v) is 2.19. The highest BCUT2D eigenvalue weighted by atomic mass is 19.4. The molecule has 1 amide bonds. The van der Waals surface area contributed by atoms with Crippen molar-refractivity contribution in [3.63, 3.8) is 0 Å². The molecule has 0 aliphatic carbocycles. The summed E-state index contributed by atoms with van der Waals surface area (Å²) in [7, 11) is 0. The number of rotatable bonds is 5. The number of nitrogens with one attached hydrogen (secondary N) is 1. The summed E-state index contributed by atoms with van der Waals surface area (Å²) in [6.07, 6.45) is -6.34. The molecule has 2 rings (SSSR count). The zero-order valence-corrected chi connectivity index (χ0v) is 12.5. The number of hydrogen-bond acceptors (Lipinski definition) is 4. The lowest BCUT2D eigenvalue weighted by Crippen LogP contribution is -2.28. The standard InChI is InChI=1S/C16H14F3N3O2/c17-16(18,19)14(23)2-1-3-15(24)22-11-4-5-12-10(8-11)6-7-21-13(12)9-20/h4-8,14,23H,1-3H2,(H,22,24). The molecule has 1 atom stereocenters. The van der Waals surface area contributed by atoms with Gasteiger partial charge in [-0.05, 0) is 42.5 Å². The van der Waals surface area contributed by atoms with Crippen molar-refractivity contribution in [1.29, 1.82) is 5.26 Å². The van der Waals surface area contributed by atoms with Crippen molar-refractivity contribution in [3.05, 3.63) is 36.2 Å². The molecule has 1 aromatic heterocycles. The Labute approximate surface area is 135 Å². The number of hydrogen-bond donors (Lipinski definition) is 2. The number of aromatic nitrogens is 1. The molecule has 2 aromatic rings. The normalized spacial score (nSPS) is 12.6. The molecule has 1 unspecified atom stereocenters. The van der Waals surface area contributed by atoms with Crippen LogP contribution in [0, 0.1) is 11.3 Å². The Morgan fingerprint density at radius 3 is 2.79 bits per heavy atom. The Hall–Kier alpha value is -2.66. The van der Waals surface area contributed by atoms with Gasteiger partial charge in [-0.1, -0.05) is 0 Å². The third kappa shape index (κ3) is 4.43. The number of alkyl halides is 3. The predicted octanol–water partition coefficient (Wildman–Crippen LogP) is 3.14. The number of benzene rings is 1. The summed E-state index contributed by atoms with van der Waals surface area (Å²) in [6, 6.07) is 8.54. The number of amides is 1. The van der Waals surface area contributed by atoms with E-state index in [9.17, 15) is 18.0 Å². The lowest BCUT2D eigenvalue weighted by molar-refractivity contribution is -0.205. The van der Waals surface area contributed by atoms with E-state index in [1.54, 1.807) is 24.3 Å². The first-order valence-electron chi connectivity index (χ1n) is 7.15. The third-order valence-electron chi connectivity index (χ3n) is 3.41. The molecule has 0 fully saturated rings. The Balaban J connectivity index is 1.95. The van der Waals surface area contributed by atoms with Gasteiger partial charge in [0.2, 0.25) is 5.91 Å². The number of aliphatic hydroxyl groups is 1. The van der Waals surface area contributed by atoms with Crippen LogP contribution in [-0.4, -0.2) is 28.3 Å². The highest BCUT2D eigenvalue weighted by Crippen LogP contribution is 2.24. The van der Waals surface area contributed by atoms with Gasteiger partial charge in [-0.2, -0.15) is 18.4 Å². The van der Waals surface area contributed by atoms with Gasteiger partial charge in [0.15, 0.2) is 0 Å². The van der Waals surface area contributed by atoms with Crippen LogP contribution in [0.2, 0.25) is 0 Å². The molecule has 5 nitrogen and oxygen atoms in total. The smallest absolute Gasteiger partial charge is 0.384 e. The van der Waals surface area contributed by atoms with E-state index in [4.69, 9.17) is 10.4 Å². The van der Waals surface area contributed by atoms with E-state index in [0.717, 1.165) is 0 Å². The number of anilines is 1. The zero-order chi connectivity index (χ0) is 17.7. The molecule has 0 aliphatic rings. The summed E-state index contributed by atoms with van der Waals surface area (Å²) in [4.78, 5) is 15.7. The number of fused-ring (bicyclic) bond motifs is 1. The van der Waals surface area contributed by atoms with E-state index in [1.807, 2.05) is 6.07 Å². The van der Waals surface area contributed by atoms with Crippen molar-refractivity contribution in [1.82, 2.24) is 4.98 Å². The van der Waals surface area contributed by atoms with Crippen LogP contribution in [0.4, 0.5) is 18.9 Å². The Bertz CT molecular complexity index is 784. The van der Waals surface area contributed by atoms with Gasteiger partial charge in [0.1, 0.15) is 17.9 Å². The highest BCUT2D eigenvalue weighted by Gasteiger charge is 2.37. The molecule has 0 saturated heterocycles. The zero-order valence-electron chi connectivity index (χ0n) is 12.5. The second-order valence-corrected chi connectivity index (χ2v) is 5.21. The minimum absolute atomic E-state index is 0.0808. The maximum atomic E-state index is 12.2. The summed E-state index contributed by atoms with van der Waals surface area (Å²) in [5, 5.41) is 21.8. The second kappa shape index (κ2) is 7.27. The fourth-order valence-electron chi connectivity index (χ4n) is 2.19. The molecule has 2 N–H and O–H groups in total. The predicted molar refractivity (Wildman–Crippen MR) is 81.0 cm³/mol. The number of halogens is 3. The van der Waals surface area contributed by atoms with Crippen LogP contribution in [0.3, 0.4) is 0 Å². The first kappa shape index (κ1) is 17.7. The summed E-state index contributed by atoms with van der Waals surface area (Å²) >= 11 is 0. The van der Waals surface area contributed by atoms with Crippen LogP contribution in [0.5, 0.6) is 0 Å². The molecule has 1 heterocycles. The van der Waals surface area contributed by atoms with Gasteiger partial charge in [-0.25, -0.2) is 4.98 Å². The average molecular weight is 337 g/mol. The molecule has 0 saturated carbocycles. The van der Waals surface area contributed by atoms with Crippen molar-refractivity contribution in [3.8, 4) is 6.07 Å². The Morgan fingerprint density at radius 2 is 2.12 bits per heavy atom. The lowest BCUT2D eigenvalue weighted by atomic mass is 10.1. The number of carbonyl (C=O) groups excluding carboxylic acids is 1. The number of aliphatic hydroxyl groups excluding tert-OH is 1. The number of pyridine rings is 1. The fraction of sp³-hybridized carbons (Fsp3) is 0.312. The van der Waals surface area contributed by atoms with Gasteiger partial charge >= 0.3 is 6.18 Å². The van der Waals surface area contributed by atoms with E-state index < -0.39 is 24.6 Å². The summed E-state index contributed by atoms with van der Waals surface area (Å²) in [6.45, 7) is 0. The third-order valence-corrected chi connectivity index (χ3v) is 3.41. The van der Waals surface area contributed by atoms with E-state index in [2.05, 4.69) is 10.3 Å². The maximum absolute atomic E-state index is 12.2. The van der Waals surface area contributed by atoms with Crippen molar-refractivity contribution >= 4 is 22.4 Å². The largest absolute Gasteiger partial charge is 0.414 e. The maximum Gasteiger partial charge on any atom is 0.414 e. The summed E-state index contributed by atoms with van der Waals surface area (Å²) < 4.78 is 36.5. The number of carbonyl (C=O) groups is 1. The van der Waals surface area contributed by atoms with E-state index in [-0.39, 0.29) is 18.5 Å². The van der Waals surface area contributed by atoms with E-state index >= 15 is 0 Å². The minimum Gasteiger partial charge on any atom is -0.384 e. The molecule has 24 heavy (non-hydrogen) atoms. The van der Waals surface area contributed by atoms with Gasteiger partial charge in [-0.3, -0.25) is 4.79 Å². The molecule has 8 heteroatoms. The average Bonchev–Trinajstić information content (AvgIpc) is 2.53. The van der Waals surface area contributed by atoms with Crippen molar-refractivity contribution in [2.24, 2.45) is 0 Å². The SMILES string of the molecule is N#Cc1nccc2cc(NC(=O)CCCC(O)C(F)(F)F)ccc12. The van der Waals surface area contributed by atoms with Crippen LogP contribution in [-0.2, 0) is 4.79 Å². The second-order valence-electron chi connectivity index (χ2n) is 5.21. The van der Waals surface area contributed by atoms with Crippen LogP contribution in [0.25, 0.3) is 10.8 Å². The molecule has 0 spiro atoms. The van der Waals surface area contributed by atoms with Gasteiger partial charge in [0.25, 0.3) is 0 Å². The van der Waals surface area contributed by atoms with Crippen molar-refractivity contribution in [2.75, 3.05) is 5.32 Å². The van der Waals surface area contributed by atoms with Gasteiger partial charge in [0, 0.05) is 23.7 Å². The molecule has 0 bridgehead atoms. The summed E-state index contributed by atoms with van der Waals surface area (Å²) in [5.74, 6) is -0.446. The topological polar surface area (TPSA) is 86.0 Å². The summed E-state index contributed by atoms with van der Waals surface area (Å²) in [5.41, 5.74) is 0.741. The van der Waals surface area contributed by atoms with Gasteiger partial charge in [-0.15, -0.1) is 0 Å². The van der Waals surface area contributed by atoms with Crippen LogP contribution >= 0.6 is 0 Å². The Morgan fingerprint density at radius 1 is 1.38 bits per heavy atom. The Kier molecular flexibility index (Phi) is 5.36. The lowest BCUT2D eigenvalue weighted by Gasteiger charge is -2.13. The highest BCUT2D eigenvalue weighted by molar-refractivity contribution is 5.95. The monoisotopic (exact) mass is 337 g/mol. The van der Waals surface area contributed by atoms with Crippen molar-refractivity contribution in [2.45, 2.75) is 31.5 Å². The molecular weight excluding hydrogens is 323 g/mol. The molecule has 1 aromatic carbocycles. The van der Waals surface area contributed by atoms with E-state index in [0.29, 0.717) is 16.5 Å². The van der Waals surface area contributed by atoms with Crippen LogP contribution in [0.15, 0.2) is 30.5 Å². The first-order valence-corrected chi connectivity index (χ1v) is 7.15.